The van der Waals surface area contributed by atoms with Crippen LogP contribution in [0.3, 0.4) is 0 Å². The van der Waals surface area contributed by atoms with Gasteiger partial charge in [0, 0.05) is 25.4 Å². The highest BCUT2D eigenvalue weighted by atomic mass is 35.5. The molecule has 6 heteroatoms. The van der Waals surface area contributed by atoms with Gasteiger partial charge in [-0.05, 0) is 13.8 Å². The Morgan fingerprint density at radius 3 is 2.75 bits per heavy atom. The second-order valence-corrected chi connectivity index (χ2v) is 3.59. The molecule has 0 aromatic carbocycles. The van der Waals surface area contributed by atoms with Gasteiger partial charge >= 0.3 is 5.97 Å². The van der Waals surface area contributed by atoms with E-state index in [9.17, 15) is 4.79 Å². The van der Waals surface area contributed by atoms with Crippen molar-refractivity contribution in [2.24, 2.45) is 0 Å². The van der Waals surface area contributed by atoms with Gasteiger partial charge in [-0.25, -0.2) is 15.2 Å². The molecule has 0 aliphatic carbocycles. The second kappa shape index (κ2) is 5.14. The van der Waals surface area contributed by atoms with E-state index >= 15 is 0 Å². The van der Waals surface area contributed by atoms with Crippen LogP contribution in [0.1, 0.15) is 22.8 Å². The van der Waals surface area contributed by atoms with Crippen molar-refractivity contribution in [3.05, 3.63) is 22.3 Å². The summed E-state index contributed by atoms with van der Waals surface area (Å²) < 4.78 is 0. The maximum Gasteiger partial charge on any atom is 0.338 e. The molecule has 0 atom stereocenters. The Labute approximate surface area is 99.0 Å². The van der Waals surface area contributed by atoms with Gasteiger partial charge < -0.3 is 5.11 Å². The van der Waals surface area contributed by atoms with Gasteiger partial charge in [0.05, 0.1) is 10.6 Å². The summed E-state index contributed by atoms with van der Waals surface area (Å²) in [5.41, 5.74) is 3.62. The van der Waals surface area contributed by atoms with Gasteiger partial charge in [-0.15, -0.1) is 0 Å². The Balaban J connectivity index is 3.26. The highest BCUT2D eigenvalue weighted by molar-refractivity contribution is 6.34. The van der Waals surface area contributed by atoms with E-state index in [1.54, 1.807) is 19.0 Å². The number of nitrogens with one attached hydrogen (secondary N) is 1. The molecular weight excluding hydrogens is 230 g/mol. The van der Waals surface area contributed by atoms with Crippen molar-refractivity contribution in [2.45, 2.75) is 13.8 Å². The lowest BCUT2D eigenvalue weighted by Crippen LogP contribution is -2.36. The van der Waals surface area contributed by atoms with Crippen LogP contribution in [0.4, 0.5) is 5.82 Å². The Kier molecular flexibility index (Phi) is 4.09. The van der Waals surface area contributed by atoms with Crippen molar-refractivity contribution < 1.29 is 9.90 Å². The number of hydrazine groups is 1. The Morgan fingerprint density at radius 2 is 2.31 bits per heavy atom. The molecule has 1 aromatic rings. The lowest BCUT2D eigenvalue weighted by atomic mass is 10.2. The predicted molar refractivity (Wildman–Crippen MR) is 63.0 cm³/mol. The molecule has 0 unspecified atom stereocenters. The van der Waals surface area contributed by atoms with Crippen molar-refractivity contribution in [3.63, 3.8) is 0 Å². The average Bonchev–Trinajstić information content (AvgIpc) is 2.25. The van der Waals surface area contributed by atoms with Crippen LogP contribution in [-0.2, 0) is 0 Å². The quantitative estimate of drug-likeness (QED) is 0.788. The van der Waals surface area contributed by atoms with Crippen LogP contribution in [0, 0.1) is 6.92 Å². The third-order valence-electron chi connectivity index (χ3n) is 2.29. The summed E-state index contributed by atoms with van der Waals surface area (Å²) >= 11 is 5.98. The van der Waals surface area contributed by atoms with Gasteiger partial charge in [-0.1, -0.05) is 11.6 Å². The second-order valence-electron chi connectivity index (χ2n) is 3.21. The molecule has 16 heavy (non-hydrogen) atoms. The van der Waals surface area contributed by atoms with E-state index in [0.717, 1.165) is 0 Å². The van der Waals surface area contributed by atoms with Gasteiger partial charge in [0.2, 0.25) is 0 Å². The number of carbonyl (C=O) groups is 1. The first-order chi connectivity index (χ1) is 7.52. The summed E-state index contributed by atoms with van der Waals surface area (Å²) in [5.74, 6) is -0.431. The maximum atomic E-state index is 10.8. The minimum atomic E-state index is -1.07. The monoisotopic (exact) mass is 243 g/mol. The normalized spacial score (nSPS) is 10.2. The largest absolute Gasteiger partial charge is 0.478 e. The number of hydrogen-bond donors (Lipinski definition) is 2. The molecule has 1 rings (SSSR count). The number of nitrogens with zero attached hydrogens (tertiary/aromatic N) is 2. The fraction of sp³-hybridized carbons (Fsp3) is 0.400. The van der Waals surface area contributed by atoms with Crippen LogP contribution >= 0.6 is 11.6 Å². The zero-order valence-electron chi connectivity index (χ0n) is 9.41. The lowest BCUT2D eigenvalue weighted by Gasteiger charge is -2.22. The van der Waals surface area contributed by atoms with Crippen LogP contribution in [0.15, 0.2) is 6.20 Å². The fourth-order valence-corrected chi connectivity index (χ4v) is 1.63. The smallest absolute Gasteiger partial charge is 0.338 e. The number of carboxylic acids is 1. The van der Waals surface area contributed by atoms with Crippen molar-refractivity contribution in [3.8, 4) is 0 Å². The van der Waals surface area contributed by atoms with Crippen molar-refractivity contribution in [2.75, 3.05) is 18.6 Å². The molecule has 1 heterocycles. The van der Waals surface area contributed by atoms with Gasteiger partial charge in [0.15, 0.2) is 0 Å². The molecular formula is C10H14ClN3O2. The molecule has 0 amide bonds. The molecule has 88 valence electrons. The van der Waals surface area contributed by atoms with E-state index in [-0.39, 0.29) is 10.6 Å². The van der Waals surface area contributed by atoms with E-state index in [1.807, 2.05) is 6.92 Å². The lowest BCUT2D eigenvalue weighted by molar-refractivity contribution is 0.0696. The topological polar surface area (TPSA) is 65.5 Å². The zero-order chi connectivity index (χ0) is 12.3. The number of pyridine rings is 1. The third-order valence-corrected chi connectivity index (χ3v) is 2.78. The number of rotatable bonds is 4. The van der Waals surface area contributed by atoms with Crippen LogP contribution in [0.5, 0.6) is 0 Å². The van der Waals surface area contributed by atoms with Gasteiger partial charge in [0.1, 0.15) is 5.82 Å². The number of halogens is 1. The first kappa shape index (κ1) is 12.7. The molecule has 0 saturated carbocycles. The number of aromatic carboxylic acids is 1. The van der Waals surface area contributed by atoms with Crippen molar-refractivity contribution >= 4 is 23.4 Å². The molecule has 5 nitrogen and oxygen atoms in total. The van der Waals surface area contributed by atoms with Gasteiger partial charge in [-0.2, -0.15) is 0 Å². The first-order valence-corrected chi connectivity index (χ1v) is 5.24. The molecule has 0 aliphatic heterocycles. The first-order valence-electron chi connectivity index (χ1n) is 4.86. The summed E-state index contributed by atoms with van der Waals surface area (Å²) in [7, 11) is 1.77. The van der Waals surface area contributed by atoms with Crippen LogP contribution in [0.2, 0.25) is 5.02 Å². The maximum absolute atomic E-state index is 10.8. The number of anilines is 1. The Bertz CT molecular complexity index is 405. The molecule has 2 N–H and O–H groups in total. The summed E-state index contributed by atoms with van der Waals surface area (Å²) in [6, 6.07) is 0. The summed E-state index contributed by atoms with van der Waals surface area (Å²) in [5, 5.41) is 10.9. The highest BCUT2D eigenvalue weighted by Crippen LogP contribution is 2.26. The van der Waals surface area contributed by atoms with E-state index in [2.05, 4.69) is 10.4 Å². The van der Waals surface area contributed by atoms with Crippen LogP contribution in [0.25, 0.3) is 0 Å². The third kappa shape index (κ3) is 2.25. The molecule has 0 spiro atoms. The molecule has 1 aromatic heterocycles. The van der Waals surface area contributed by atoms with Crippen LogP contribution < -0.4 is 10.4 Å². The SMILES string of the molecule is CCN(NC)c1ncc(C(=O)O)c(Cl)c1C. The average molecular weight is 244 g/mol. The standard InChI is InChI=1S/C10H14ClN3O2/c1-4-14(12-3)9-6(2)8(11)7(5-13-9)10(15)16/h5,12H,4H2,1-3H3,(H,15,16). The molecule has 0 fully saturated rings. The van der Waals surface area contributed by atoms with Crippen molar-refractivity contribution in [1.29, 1.82) is 0 Å². The summed E-state index contributed by atoms with van der Waals surface area (Å²) in [6.45, 7) is 4.40. The van der Waals surface area contributed by atoms with E-state index in [1.165, 1.54) is 6.20 Å². The van der Waals surface area contributed by atoms with Crippen LogP contribution in [-0.4, -0.2) is 29.7 Å². The van der Waals surface area contributed by atoms with E-state index in [0.29, 0.717) is 17.9 Å². The zero-order valence-corrected chi connectivity index (χ0v) is 10.2. The van der Waals surface area contributed by atoms with Crippen molar-refractivity contribution in [1.82, 2.24) is 10.4 Å². The van der Waals surface area contributed by atoms with Gasteiger partial charge in [-0.3, -0.25) is 5.01 Å². The highest BCUT2D eigenvalue weighted by Gasteiger charge is 2.17. The fourth-order valence-electron chi connectivity index (χ4n) is 1.41. The molecule has 0 aliphatic rings. The molecule has 0 radical (unpaired) electrons. The van der Waals surface area contributed by atoms with E-state index < -0.39 is 5.97 Å². The minimum absolute atomic E-state index is 0.0232. The Hall–Kier alpha value is -1.33. The minimum Gasteiger partial charge on any atom is -0.478 e. The predicted octanol–water partition coefficient (Wildman–Crippen LogP) is 1.70. The van der Waals surface area contributed by atoms with E-state index in [4.69, 9.17) is 16.7 Å². The summed E-state index contributed by atoms with van der Waals surface area (Å²) in [6.07, 6.45) is 1.27. The summed E-state index contributed by atoms with van der Waals surface area (Å²) in [4.78, 5) is 14.9. The molecule has 0 bridgehead atoms. The number of hydrogen-bond acceptors (Lipinski definition) is 4. The Morgan fingerprint density at radius 1 is 1.69 bits per heavy atom. The number of carboxylic acid groups (broad SMARTS) is 1. The number of aromatic nitrogens is 1. The van der Waals surface area contributed by atoms with Gasteiger partial charge in [0.25, 0.3) is 0 Å². The molecule has 0 saturated heterocycles.